The SMILES string of the molecule is C=C(N)c1cc(-c2cccnc2[C@@H](CC(=O)Cn2ncc3c2CCCC3)Cc2cc(F)cc(F)c2)ccc1F. The quantitative estimate of drug-likeness (QED) is 0.281. The van der Waals surface area contributed by atoms with E-state index >= 15 is 0 Å². The molecule has 2 N–H and O–H groups in total. The van der Waals surface area contributed by atoms with Gasteiger partial charge in [0, 0.05) is 47.1 Å². The number of ketones is 1. The highest BCUT2D eigenvalue weighted by molar-refractivity contribution is 5.80. The lowest BCUT2D eigenvalue weighted by atomic mass is 9.86. The molecule has 0 saturated heterocycles. The highest BCUT2D eigenvalue weighted by Gasteiger charge is 2.24. The first-order chi connectivity index (χ1) is 18.8. The number of hydrogen-bond donors (Lipinski definition) is 1. The van der Waals surface area contributed by atoms with Gasteiger partial charge in [0.1, 0.15) is 17.5 Å². The fraction of sp³-hybridized carbons (Fsp3) is 0.258. The number of Topliss-reactive ketones (excluding diaryl/α,β-unsaturated/α-hetero) is 1. The predicted molar refractivity (Wildman–Crippen MR) is 144 cm³/mol. The molecule has 0 aliphatic heterocycles. The summed E-state index contributed by atoms with van der Waals surface area (Å²) in [6.07, 6.45) is 7.73. The highest BCUT2D eigenvalue weighted by Crippen LogP contribution is 2.34. The first kappa shape index (κ1) is 26.4. The Labute approximate surface area is 225 Å². The van der Waals surface area contributed by atoms with Crippen LogP contribution in [0.25, 0.3) is 16.8 Å². The van der Waals surface area contributed by atoms with Crippen LogP contribution in [0.4, 0.5) is 13.2 Å². The second-order valence-electron chi connectivity index (χ2n) is 10.1. The third kappa shape index (κ3) is 5.95. The number of nitrogens with two attached hydrogens (primary N) is 1. The van der Waals surface area contributed by atoms with Crippen LogP contribution in [0, 0.1) is 17.5 Å². The molecule has 0 radical (unpaired) electrons. The third-order valence-corrected chi connectivity index (χ3v) is 7.20. The van der Waals surface area contributed by atoms with E-state index < -0.39 is 23.4 Å². The van der Waals surface area contributed by atoms with Crippen molar-refractivity contribution < 1.29 is 18.0 Å². The van der Waals surface area contributed by atoms with Crippen LogP contribution in [0.3, 0.4) is 0 Å². The maximum Gasteiger partial charge on any atom is 0.154 e. The van der Waals surface area contributed by atoms with Gasteiger partial charge < -0.3 is 5.73 Å². The standard InChI is InChI=1S/C31H29F3N4O/c1-19(35)28-15-21(8-9-29(28)34)27-6-4-10-36-31(27)23(11-20-12-24(32)16-25(33)13-20)14-26(39)18-38-30-7-3-2-5-22(30)17-37-38/h4,6,8-10,12-13,15-17,23H,1-3,5,7,11,14,18,35H2/t23-/m1/s1. The number of carbonyl (C=O) groups excluding carboxylic acids is 1. The van der Waals surface area contributed by atoms with Gasteiger partial charge in [-0.1, -0.05) is 18.7 Å². The molecule has 1 aliphatic rings. The topological polar surface area (TPSA) is 73.8 Å². The Balaban J connectivity index is 1.51. The van der Waals surface area contributed by atoms with Crippen LogP contribution in [0.15, 0.2) is 67.5 Å². The molecule has 8 heteroatoms. The molecule has 0 bridgehead atoms. The van der Waals surface area contributed by atoms with Crippen molar-refractivity contribution in [2.24, 2.45) is 5.73 Å². The molecule has 1 aliphatic carbocycles. The summed E-state index contributed by atoms with van der Waals surface area (Å²) in [4.78, 5) is 18.0. The first-order valence-corrected chi connectivity index (χ1v) is 13.0. The van der Waals surface area contributed by atoms with Crippen LogP contribution in [0.5, 0.6) is 0 Å². The molecule has 0 unspecified atom stereocenters. The number of nitrogens with zero attached hydrogens (tertiary/aromatic N) is 3. The highest BCUT2D eigenvalue weighted by atomic mass is 19.1. The van der Waals surface area contributed by atoms with Crippen LogP contribution < -0.4 is 5.73 Å². The second-order valence-corrected chi connectivity index (χ2v) is 10.1. The van der Waals surface area contributed by atoms with Gasteiger partial charge in [-0.15, -0.1) is 0 Å². The molecule has 5 nitrogen and oxygen atoms in total. The molecule has 0 amide bonds. The Morgan fingerprint density at radius 2 is 1.82 bits per heavy atom. The predicted octanol–water partition coefficient (Wildman–Crippen LogP) is 6.16. The Morgan fingerprint density at radius 1 is 1.05 bits per heavy atom. The molecule has 2 aromatic carbocycles. The van der Waals surface area contributed by atoms with Gasteiger partial charge in [0.15, 0.2) is 5.78 Å². The van der Waals surface area contributed by atoms with Crippen LogP contribution in [0.1, 0.15) is 53.3 Å². The van der Waals surface area contributed by atoms with Gasteiger partial charge in [-0.2, -0.15) is 5.10 Å². The summed E-state index contributed by atoms with van der Waals surface area (Å²) in [7, 11) is 0. The number of benzene rings is 2. The van der Waals surface area contributed by atoms with E-state index in [2.05, 4.69) is 16.7 Å². The van der Waals surface area contributed by atoms with Gasteiger partial charge in [0.2, 0.25) is 0 Å². The van der Waals surface area contributed by atoms with Gasteiger partial charge in [-0.3, -0.25) is 14.5 Å². The smallest absolute Gasteiger partial charge is 0.154 e. The minimum atomic E-state index is -0.691. The fourth-order valence-corrected chi connectivity index (χ4v) is 5.40. The molecule has 0 saturated carbocycles. The molecule has 1 atom stereocenters. The zero-order valence-electron chi connectivity index (χ0n) is 21.5. The van der Waals surface area contributed by atoms with Crippen molar-refractivity contribution in [2.45, 2.75) is 51.0 Å². The molecule has 4 aromatic rings. The number of aromatic nitrogens is 3. The monoisotopic (exact) mass is 530 g/mol. The molecule has 200 valence electrons. The largest absolute Gasteiger partial charge is 0.399 e. The number of aryl methyl sites for hydroxylation is 1. The van der Waals surface area contributed by atoms with Gasteiger partial charge in [0.05, 0.1) is 18.4 Å². The normalized spacial score (nSPS) is 13.6. The van der Waals surface area contributed by atoms with E-state index in [1.54, 1.807) is 29.1 Å². The van der Waals surface area contributed by atoms with E-state index in [4.69, 9.17) is 5.73 Å². The minimum Gasteiger partial charge on any atom is -0.399 e. The van der Waals surface area contributed by atoms with Crippen molar-refractivity contribution >= 4 is 11.5 Å². The van der Waals surface area contributed by atoms with E-state index in [9.17, 15) is 18.0 Å². The zero-order chi connectivity index (χ0) is 27.5. The van der Waals surface area contributed by atoms with Crippen LogP contribution in [0.2, 0.25) is 0 Å². The van der Waals surface area contributed by atoms with Gasteiger partial charge in [0.25, 0.3) is 0 Å². The summed E-state index contributed by atoms with van der Waals surface area (Å²) >= 11 is 0. The van der Waals surface area contributed by atoms with Crippen molar-refractivity contribution in [1.29, 1.82) is 0 Å². The van der Waals surface area contributed by atoms with Gasteiger partial charge >= 0.3 is 0 Å². The molecule has 2 aromatic heterocycles. The number of carbonyl (C=O) groups is 1. The van der Waals surface area contributed by atoms with Crippen molar-refractivity contribution in [1.82, 2.24) is 14.8 Å². The summed E-state index contributed by atoms with van der Waals surface area (Å²) in [5.74, 6) is -2.45. The molecule has 0 spiro atoms. The molecule has 5 rings (SSSR count). The molecule has 0 fully saturated rings. The van der Waals surface area contributed by atoms with E-state index in [1.807, 2.05) is 12.3 Å². The lowest BCUT2D eigenvalue weighted by Crippen LogP contribution is -2.19. The maximum absolute atomic E-state index is 14.4. The number of hydrogen-bond acceptors (Lipinski definition) is 4. The lowest BCUT2D eigenvalue weighted by molar-refractivity contribution is -0.120. The van der Waals surface area contributed by atoms with Crippen LogP contribution >= 0.6 is 0 Å². The number of halogens is 3. The Kier molecular flexibility index (Phi) is 7.63. The van der Waals surface area contributed by atoms with E-state index in [-0.39, 0.29) is 36.4 Å². The lowest BCUT2D eigenvalue weighted by Gasteiger charge is -2.21. The first-order valence-electron chi connectivity index (χ1n) is 13.0. The summed E-state index contributed by atoms with van der Waals surface area (Å²) in [6, 6.07) is 11.4. The van der Waals surface area contributed by atoms with Crippen LogP contribution in [-0.4, -0.2) is 20.5 Å². The molecular weight excluding hydrogens is 501 g/mol. The maximum atomic E-state index is 14.4. The summed E-state index contributed by atoms with van der Waals surface area (Å²) < 4.78 is 44.3. The minimum absolute atomic E-state index is 0.0694. The number of rotatable bonds is 9. The average Bonchev–Trinajstić information content (AvgIpc) is 3.30. The van der Waals surface area contributed by atoms with Gasteiger partial charge in [-0.05, 0) is 79.1 Å². The average molecular weight is 531 g/mol. The van der Waals surface area contributed by atoms with E-state index in [0.717, 1.165) is 37.4 Å². The van der Waals surface area contributed by atoms with Crippen molar-refractivity contribution in [3.05, 3.63) is 113 Å². The van der Waals surface area contributed by atoms with Gasteiger partial charge in [-0.25, -0.2) is 13.2 Å². The summed E-state index contributed by atoms with van der Waals surface area (Å²) in [6.45, 7) is 3.76. The van der Waals surface area contributed by atoms with Crippen molar-refractivity contribution in [3.63, 3.8) is 0 Å². The van der Waals surface area contributed by atoms with Crippen molar-refractivity contribution in [2.75, 3.05) is 0 Å². The van der Waals surface area contributed by atoms with E-state index in [1.165, 1.54) is 23.8 Å². The van der Waals surface area contributed by atoms with Crippen molar-refractivity contribution in [3.8, 4) is 11.1 Å². The van der Waals surface area contributed by atoms with Crippen LogP contribution in [-0.2, 0) is 30.6 Å². The Bertz CT molecular complexity index is 1520. The molecule has 2 heterocycles. The molecule has 39 heavy (non-hydrogen) atoms. The van der Waals surface area contributed by atoms with E-state index in [0.29, 0.717) is 22.4 Å². The molecular formula is C31H29F3N4O. The number of pyridine rings is 1. The fourth-order valence-electron chi connectivity index (χ4n) is 5.40. The second kappa shape index (κ2) is 11.3. The third-order valence-electron chi connectivity index (χ3n) is 7.20. The summed E-state index contributed by atoms with van der Waals surface area (Å²) in [5, 5.41) is 4.45. The Hall–Kier alpha value is -4.20. The Morgan fingerprint density at radius 3 is 2.59 bits per heavy atom. The zero-order valence-corrected chi connectivity index (χ0v) is 21.5. The summed E-state index contributed by atoms with van der Waals surface area (Å²) in [5.41, 5.74) is 10.6. The number of fused-ring (bicyclic) bond motifs is 1.